The number of aromatic nitrogens is 4. The summed E-state index contributed by atoms with van der Waals surface area (Å²) in [5.74, 6) is 1.37. The van der Waals surface area contributed by atoms with E-state index in [9.17, 15) is 4.79 Å². The molecule has 0 aliphatic carbocycles. The van der Waals surface area contributed by atoms with E-state index in [0.29, 0.717) is 25.3 Å². The van der Waals surface area contributed by atoms with Crippen molar-refractivity contribution < 1.29 is 9.53 Å². The Kier molecular flexibility index (Phi) is 6.91. The number of rotatable bonds is 10. The molecule has 0 aliphatic rings. The van der Waals surface area contributed by atoms with Gasteiger partial charge in [0.25, 0.3) is 5.91 Å². The van der Waals surface area contributed by atoms with E-state index in [1.165, 1.54) is 11.9 Å². The van der Waals surface area contributed by atoms with Crippen molar-refractivity contribution in [2.45, 2.75) is 19.9 Å². The Labute approximate surface area is 186 Å². The highest BCUT2D eigenvalue weighted by atomic mass is 16.5. The molecular weight excluding hydrogens is 404 g/mol. The van der Waals surface area contributed by atoms with E-state index in [4.69, 9.17) is 4.74 Å². The molecule has 0 bridgehead atoms. The van der Waals surface area contributed by atoms with Gasteiger partial charge in [-0.25, -0.2) is 14.6 Å². The Morgan fingerprint density at radius 3 is 2.62 bits per heavy atom. The zero-order valence-electron chi connectivity index (χ0n) is 18.0. The molecule has 0 unspecified atom stereocenters. The van der Waals surface area contributed by atoms with Crippen molar-refractivity contribution in [3.63, 3.8) is 0 Å². The van der Waals surface area contributed by atoms with Gasteiger partial charge in [-0.3, -0.25) is 4.79 Å². The van der Waals surface area contributed by atoms with Gasteiger partial charge in [0.1, 0.15) is 17.9 Å². The summed E-state index contributed by atoms with van der Waals surface area (Å²) < 4.78 is 7.18. The van der Waals surface area contributed by atoms with E-state index in [-0.39, 0.29) is 5.91 Å². The molecule has 8 nitrogen and oxygen atoms in total. The standard InChI is InChI=1S/C24H26N6O2/c1-2-32-20-10-8-19(9-11-20)24(31)26-14-15-30-23-21(16-29-30)22(27-17-28-23)25-13-12-18-6-4-3-5-7-18/h3-11,16-17H,2,12-15H2,1H3,(H,26,31)(H,25,27,28). The van der Waals surface area contributed by atoms with Gasteiger partial charge in [-0.15, -0.1) is 0 Å². The van der Waals surface area contributed by atoms with Crippen molar-refractivity contribution in [2.24, 2.45) is 0 Å². The predicted molar refractivity (Wildman–Crippen MR) is 124 cm³/mol. The number of fused-ring (bicyclic) bond motifs is 1. The third-order valence-corrected chi connectivity index (χ3v) is 5.02. The van der Waals surface area contributed by atoms with E-state index < -0.39 is 0 Å². The second-order valence-corrected chi connectivity index (χ2v) is 7.20. The zero-order chi connectivity index (χ0) is 22.2. The number of anilines is 1. The Hall–Kier alpha value is -3.94. The largest absolute Gasteiger partial charge is 0.494 e. The lowest BCUT2D eigenvalue weighted by Gasteiger charge is -2.08. The summed E-state index contributed by atoms with van der Waals surface area (Å²) in [6, 6.07) is 17.4. The average molecular weight is 431 g/mol. The lowest BCUT2D eigenvalue weighted by Crippen LogP contribution is -2.27. The highest BCUT2D eigenvalue weighted by Crippen LogP contribution is 2.18. The minimum Gasteiger partial charge on any atom is -0.494 e. The van der Waals surface area contributed by atoms with Gasteiger partial charge in [0.05, 0.1) is 24.7 Å². The van der Waals surface area contributed by atoms with E-state index in [2.05, 4.69) is 37.8 Å². The fourth-order valence-electron chi connectivity index (χ4n) is 3.41. The van der Waals surface area contributed by atoms with Gasteiger partial charge in [-0.2, -0.15) is 5.10 Å². The molecule has 0 saturated carbocycles. The molecule has 4 rings (SSSR count). The highest BCUT2D eigenvalue weighted by Gasteiger charge is 2.10. The summed E-state index contributed by atoms with van der Waals surface area (Å²) in [6.07, 6.45) is 4.19. The number of hydrogen-bond acceptors (Lipinski definition) is 6. The normalized spacial score (nSPS) is 10.8. The van der Waals surface area contributed by atoms with E-state index in [1.54, 1.807) is 35.1 Å². The summed E-state index contributed by atoms with van der Waals surface area (Å²) in [7, 11) is 0. The molecule has 0 saturated heterocycles. The van der Waals surface area contributed by atoms with Crippen LogP contribution in [0.15, 0.2) is 67.1 Å². The fourth-order valence-corrected chi connectivity index (χ4v) is 3.41. The summed E-state index contributed by atoms with van der Waals surface area (Å²) in [6.45, 7) is 4.22. The van der Waals surface area contributed by atoms with E-state index >= 15 is 0 Å². The minimum atomic E-state index is -0.137. The molecule has 0 fully saturated rings. The molecule has 1 amide bonds. The fraction of sp³-hybridized carbons (Fsp3) is 0.250. The van der Waals surface area contributed by atoms with Crippen LogP contribution in [0.5, 0.6) is 5.75 Å². The average Bonchev–Trinajstić information content (AvgIpc) is 3.24. The maximum atomic E-state index is 12.4. The van der Waals surface area contributed by atoms with Gasteiger partial charge in [-0.05, 0) is 43.2 Å². The predicted octanol–water partition coefficient (Wildman–Crippen LogP) is 3.31. The molecule has 8 heteroatoms. The third kappa shape index (κ3) is 5.21. The first-order valence-corrected chi connectivity index (χ1v) is 10.7. The molecule has 0 aliphatic heterocycles. The second kappa shape index (κ2) is 10.4. The lowest BCUT2D eigenvalue weighted by atomic mass is 10.1. The number of hydrogen-bond donors (Lipinski definition) is 2. The van der Waals surface area contributed by atoms with Crippen LogP contribution in [0.1, 0.15) is 22.8 Å². The topological polar surface area (TPSA) is 94.0 Å². The number of carbonyl (C=O) groups excluding carboxylic acids is 1. The molecule has 2 heterocycles. The molecule has 0 radical (unpaired) electrons. The minimum absolute atomic E-state index is 0.137. The van der Waals surface area contributed by atoms with Crippen molar-refractivity contribution in [2.75, 3.05) is 25.0 Å². The van der Waals surface area contributed by atoms with Crippen molar-refractivity contribution in [1.29, 1.82) is 0 Å². The second-order valence-electron chi connectivity index (χ2n) is 7.20. The van der Waals surface area contributed by atoms with Gasteiger partial charge < -0.3 is 15.4 Å². The number of nitrogens with one attached hydrogen (secondary N) is 2. The third-order valence-electron chi connectivity index (χ3n) is 5.02. The lowest BCUT2D eigenvalue weighted by molar-refractivity contribution is 0.0952. The SMILES string of the molecule is CCOc1ccc(C(=O)NCCn2ncc3c(NCCc4ccccc4)ncnc32)cc1. The van der Waals surface area contributed by atoms with Crippen molar-refractivity contribution in [1.82, 2.24) is 25.1 Å². The summed E-state index contributed by atoms with van der Waals surface area (Å²) >= 11 is 0. The molecule has 0 atom stereocenters. The summed E-state index contributed by atoms with van der Waals surface area (Å²) in [4.78, 5) is 21.1. The number of benzene rings is 2. The molecule has 164 valence electrons. The van der Waals surface area contributed by atoms with Crippen LogP contribution in [0.2, 0.25) is 0 Å². The quantitative estimate of drug-likeness (QED) is 0.401. The molecular formula is C24H26N6O2. The van der Waals surface area contributed by atoms with Crippen molar-refractivity contribution in [3.05, 3.63) is 78.2 Å². The smallest absolute Gasteiger partial charge is 0.251 e. The highest BCUT2D eigenvalue weighted by molar-refractivity contribution is 5.94. The first-order chi connectivity index (χ1) is 15.7. The molecule has 2 aromatic heterocycles. The first-order valence-electron chi connectivity index (χ1n) is 10.7. The Bertz CT molecular complexity index is 1160. The van der Waals surface area contributed by atoms with E-state index in [0.717, 1.165) is 35.6 Å². The van der Waals surface area contributed by atoms with Crippen LogP contribution in [0.4, 0.5) is 5.82 Å². The van der Waals surface area contributed by atoms with Crippen LogP contribution in [0.3, 0.4) is 0 Å². The van der Waals surface area contributed by atoms with Gasteiger partial charge in [0.2, 0.25) is 0 Å². The van der Waals surface area contributed by atoms with Crippen LogP contribution < -0.4 is 15.4 Å². The number of carbonyl (C=O) groups is 1. The zero-order valence-corrected chi connectivity index (χ0v) is 18.0. The van der Waals surface area contributed by atoms with Crippen LogP contribution in [0.25, 0.3) is 11.0 Å². The van der Waals surface area contributed by atoms with Crippen LogP contribution in [-0.4, -0.2) is 45.4 Å². The van der Waals surface area contributed by atoms with E-state index in [1.807, 2.05) is 25.1 Å². The Morgan fingerprint density at radius 1 is 1.03 bits per heavy atom. The molecule has 32 heavy (non-hydrogen) atoms. The summed E-state index contributed by atoms with van der Waals surface area (Å²) in [5.41, 5.74) is 2.59. The molecule has 4 aromatic rings. The number of amides is 1. The maximum Gasteiger partial charge on any atom is 0.251 e. The van der Waals surface area contributed by atoms with Gasteiger partial charge in [0.15, 0.2) is 5.65 Å². The number of nitrogens with zero attached hydrogens (tertiary/aromatic N) is 4. The Balaban J connectivity index is 1.32. The van der Waals surface area contributed by atoms with Crippen LogP contribution >= 0.6 is 0 Å². The maximum absolute atomic E-state index is 12.4. The molecule has 2 N–H and O–H groups in total. The summed E-state index contributed by atoms with van der Waals surface area (Å²) in [5, 5.41) is 11.6. The van der Waals surface area contributed by atoms with Crippen LogP contribution in [0, 0.1) is 0 Å². The van der Waals surface area contributed by atoms with Crippen molar-refractivity contribution in [3.8, 4) is 5.75 Å². The molecule has 0 spiro atoms. The van der Waals surface area contributed by atoms with Crippen molar-refractivity contribution >= 4 is 22.8 Å². The first kappa shape index (κ1) is 21.3. The molecule has 2 aromatic carbocycles. The van der Waals surface area contributed by atoms with Gasteiger partial charge in [0, 0.05) is 18.7 Å². The van der Waals surface area contributed by atoms with Crippen LogP contribution in [-0.2, 0) is 13.0 Å². The van der Waals surface area contributed by atoms with Gasteiger partial charge in [-0.1, -0.05) is 30.3 Å². The number of ether oxygens (including phenoxy) is 1. The Morgan fingerprint density at radius 2 is 1.84 bits per heavy atom. The monoisotopic (exact) mass is 430 g/mol. The van der Waals surface area contributed by atoms with Gasteiger partial charge >= 0.3 is 0 Å².